The lowest BCUT2D eigenvalue weighted by molar-refractivity contribution is 0.518. The van der Waals surface area contributed by atoms with Crippen LogP contribution in [0.2, 0.25) is 0 Å². The molecule has 2 aromatic rings. The second-order valence-corrected chi connectivity index (χ2v) is 4.83. The zero-order valence-corrected chi connectivity index (χ0v) is 11.2. The van der Waals surface area contributed by atoms with Crippen molar-refractivity contribution in [2.45, 2.75) is 12.5 Å². The van der Waals surface area contributed by atoms with Gasteiger partial charge in [0.05, 0.1) is 11.7 Å². The molecule has 0 fully saturated rings. The molecule has 0 saturated heterocycles. The second kappa shape index (κ2) is 6.04. The number of pyridine rings is 1. The van der Waals surface area contributed by atoms with E-state index in [1.165, 1.54) is 6.07 Å². The molecule has 0 aliphatic carbocycles. The van der Waals surface area contributed by atoms with E-state index >= 15 is 0 Å². The summed E-state index contributed by atoms with van der Waals surface area (Å²) in [5.74, 6) is 5.28. The van der Waals surface area contributed by atoms with E-state index in [2.05, 4.69) is 26.3 Å². The number of benzene rings is 1. The van der Waals surface area contributed by atoms with Crippen molar-refractivity contribution in [3.8, 4) is 0 Å². The number of hydrogen-bond donors (Lipinski definition) is 2. The van der Waals surface area contributed by atoms with E-state index in [0.717, 1.165) is 10.2 Å². The molecule has 3 N–H and O–H groups in total. The average molecular weight is 310 g/mol. The van der Waals surface area contributed by atoms with Gasteiger partial charge in [-0.05, 0) is 42.3 Å². The van der Waals surface area contributed by atoms with Gasteiger partial charge < -0.3 is 0 Å². The number of nitrogens with one attached hydrogen (secondary N) is 1. The Hall–Kier alpha value is -1.30. The molecule has 18 heavy (non-hydrogen) atoms. The Bertz CT molecular complexity index is 519. The van der Waals surface area contributed by atoms with E-state index < -0.39 is 0 Å². The Morgan fingerprint density at radius 3 is 2.83 bits per heavy atom. The fourth-order valence-corrected chi connectivity index (χ4v) is 2.16. The number of hydrazine groups is 1. The van der Waals surface area contributed by atoms with Crippen molar-refractivity contribution in [2.24, 2.45) is 5.84 Å². The molecule has 0 saturated carbocycles. The number of aromatic nitrogens is 1. The fraction of sp³-hybridized carbons (Fsp3) is 0.154. The predicted octanol–water partition coefficient (Wildman–Crippen LogP) is 2.73. The van der Waals surface area contributed by atoms with Gasteiger partial charge in [0.1, 0.15) is 5.82 Å². The maximum Gasteiger partial charge on any atom is 0.126 e. The SMILES string of the molecule is NNC(Cc1cc(Br)ccc1F)c1ccccn1. The normalized spacial score (nSPS) is 12.4. The Kier molecular flexibility index (Phi) is 4.41. The van der Waals surface area contributed by atoms with E-state index in [-0.39, 0.29) is 11.9 Å². The lowest BCUT2D eigenvalue weighted by Gasteiger charge is -2.15. The van der Waals surface area contributed by atoms with Crippen LogP contribution in [-0.2, 0) is 6.42 Å². The summed E-state index contributed by atoms with van der Waals surface area (Å²) in [4.78, 5) is 4.22. The minimum absolute atomic E-state index is 0.213. The molecule has 0 radical (unpaired) electrons. The summed E-state index contributed by atoms with van der Waals surface area (Å²) in [6.45, 7) is 0. The molecule has 3 nitrogen and oxygen atoms in total. The molecule has 94 valence electrons. The highest BCUT2D eigenvalue weighted by atomic mass is 79.9. The van der Waals surface area contributed by atoms with Gasteiger partial charge in [-0.2, -0.15) is 0 Å². The van der Waals surface area contributed by atoms with Gasteiger partial charge in [0, 0.05) is 10.7 Å². The number of rotatable bonds is 4. The van der Waals surface area contributed by atoms with Crippen LogP contribution in [-0.4, -0.2) is 4.98 Å². The van der Waals surface area contributed by atoms with Crippen molar-refractivity contribution in [3.63, 3.8) is 0 Å². The van der Waals surface area contributed by atoms with Crippen LogP contribution in [0.4, 0.5) is 4.39 Å². The van der Waals surface area contributed by atoms with Gasteiger partial charge in [-0.15, -0.1) is 0 Å². The number of nitrogens with zero attached hydrogens (tertiary/aromatic N) is 1. The smallest absolute Gasteiger partial charge is 0.126 e. The molecular formula is C13H13BrFN3. The second-order valence-electron chi connectivity index (χ2n) is 3.91. The molecule has 1 atom stereocenters. The van der Waals surface area contributed by atoms with E-state index in [4.69, 9.17) is 5.84 Å². The summed E-state index contributed by atoms with van der Waals surface area (Å²) in [7, 11) is 0. The molecule has 1 unspecified atom stereocenters. The lowest BCUT2D eigenvalue weighted by atomic mass is 10.0. The highest BCUT2D eigenvalue weighted by Gasteiger charge is 2.14. The average Bonchev–Trinajstić information content (AvgIpc) is 2.41. The summed E-state index contributed by atoms with van der Waals surface area (Å²) >= 11 is 3.33. The molecule has 0 amide bonds. The van der Waals surface area contributed by atoms with Crippen LogP contribution in [0.5, 0.6) is 0 Å². The van der Waals surface area contributed by atoms with Crippen LogP contribution < -0.4 is 11.3 Å². The van der Waals surface area contributed by atoms with Gasteiger partial charge in [-0.1, -0.05) is 22.0 Å². The van der Waals surface area contributed by atoms with Crippen LogP contribution in [0.15, 0.2) is 47.1 Å². The molecule has 2 rings (SSSR count). The maximum absolute atomic E-state index is 13.7. The Morgan fingerprint density at radius 2 is 2.17 bits per heavy atom. The predicted molar refractivity (Wildman–Crippen MR) is 72.1 cm³/mol. The van der Waals surface area contributed by atoms with Gasteiger partial charge in [0.25, 0.3) is 0 Å². The standard InChI is InChI=1S/C13H13BrFN3/c14-10-4-5-11(15)9(7-10)8-13(18-16)12-3-1-2-6-17-12/h1-7,13,18H,8,16H2. The van der Waals surface area contributed by atoms with Gasteiger partial charge in [0.15, 0.2) is 0 Å². The number of halogens is 2. The highest BCUT2D eigenvalue weighted by molar-refractivity contribution is 9.10. The zero-order chi connectivity index (χ0) is 13.0. The van der Waals surface area contributed by atoms with Crippen molar-refractivity contribution in [1.29, 1.82) is 0 Å². The molecule has 1 aromatic carbocycles. The Morgan fingerprint density at radius 1 is 1.33 bits per heavy atom. The monoisotopic (exact) mass is 309 g/mol. The van der Waals surface area contributed by atoms with Crippen LogP contribution in [0.1, 0.15) is 17.3 Å². The minimum atomic E-state index is -0.241. The van der Waals surface area contributed by atoms with Crippen LogP contribution in [0.25, 0.3) is 0 Å². The fourth-order valence-electron chi connectivity index (χ4n) is 1.75. The third kappa shape index (κ3) is 3.13. The largest absolute Gasteiger partial charge is 0.271 e. The molecule has 1 aromatic heterocycles. The van der Waals surface area contributed by atoms with Gasteiger partial charge in [-0.25, -0.2) is 4.39 Å². The minimum Gasteiger partial charge on any atom is -0.271 e. The first-order valence-electron chi connectivity index (χ1n) is 5.51. The third-order valence-corrected chi connectivity index (χ3v) is 3.17. The van der Waals surface area contributed by atoms with Gasteiger partial charge in [-0.3, -0.25) is 16.3 Å². The molecule has 5 heteroatoms. The molecule has 0 spiro atoms. The molecule has 0 aliphatic rings. The summed E-state index contributed by atoms with van der Waals surface area (Å²) in [6, 6.07) is 10.2. The number of hydrogen-bond acceptors (Lipinski definition) is 3. The third-order valence-electron chi connectivity index (χ3n) is 2.68. The molecular weight excluding hydrogens is 297 g/mol. The van der Waals surface area contributed by atoms with Crippen molar-refractivity contribution < 1.29 is 4.39 Å². The Balaban J connectivity index is 2.23. The summed E-state index contributed by atoms with van der Waals surface area (Å²) in [5.41, 5.74) is 4.06. The zero-order valence-electron chi connectivity index (χ0n) is 9.61. The first-order valence-corrected chi connectivity index (χ1v) is 6.31. The molecule has 0 aliphatic heterocycles. The van der Waals surface area contributed by atoms with Gasteiger partial charge in [0.2, 0.25) is 0 Å². The molecule has 1 heterocycles. The van der Waals surface area contributed by atoms with Crippen LogP contribution in [0.3, 0.4) is 0 Å². The topological polar surface area (TPSA) is 50.9 Å². The van der Waals surface area contributed by atoms with E-state index in [9.17, 15) is 4.39 Å². The van der Waals surface area contributed by atoms with Crippen molar-refractivity contribution >= 4 is 15.9 Å². The highest BCUT2D eigenvalue weighted by Crippen LogP contribution is 2.21. The first-order chi connectivity index (χ1) is 8.70. The van der Waals surface area contributed by atoms with Gasteiger partial charge >= 0.3 is 0 Å². The molecule has 0 bridgehead atoms. The summed E-state index contributed by atoms with van der Waals surface area (Å²) in [6.07, 6.45) is 2.13. The summed E-state index contributed by atoms with van der Waals surface area (Å²) in [5, 5.41) is 0. The van der Waals surface area contributed by atoms with E-state index in [0.29, 0.717) is 12.0 Å². The maximum atomic E-state index is 13.7. The Labute approximate surface area is 113 Å². The van der Waals surface area contributed by atoms with Crippen molar-refractivity contribution in [2.75, 3.05) is 0 Å². The summed E-state index contributed by atoms with van der Waals surface area (Å²) < 4.78 is 14.5. The quantitative estimate of drug-likeness (QED) is 0.674. The lowest BCUT2D eigenvalue weighted by Crippen LogP contribution is -2.30. The number of nitrogens with two attached hydrogens (primary N) is 1. The van der Waals surface area contributed by atoms with Crippen molar-refractivity contribution in [1.82, 2.24) is 10.4 Å². The van der Waals surface area contributed by atoms with E-state index in [1.807, 2.05) is 18.2 Å². The van der Waals surface area contributed by atoms with Crippen LogP contribution in [0, 0.1) is 5.82 Å². The van der Waals surface area contributed by atoms with Crippen LogP contribution >= 0.6 is 15.9 Å². The van der Waals surface area contributed by atoms with Crippen molar-refractivity contribution in [3.05, 3.63) is 64.1 Å². The van der Waals surface area contributed by atoms with E-state index in [1.54, 1.807) is 18.3 Å². The first kappa shape index (κ1) is 13.1.